The molecule has 3 heterocycles. The molecule has 0 radical (unpaired) electrons. The van der Waals surface area contributed by atoms with Crippen LogP contribution in [0.4, 0.5) is 5.69 Å². The fourth-order valence-corrected chi connectivity index (χ4v) is 3.85. The Bertz CT molecular complexity index is 757. The van der Waals surface area contributed by atoms with Crippen molar-refractivity contribution in [2.24, 2.45) is 0 Å². The van der Waals surface area contributed by atoms with Gasteiger partial charge in [-0.15, -0.1) is 0 Å². The van der Waals surface area contributed by atoms with Crippen LogP contribution >= 0.6 is 0 Å². The van der Waals surface area contributed by atoms with Gasteiger partial charge in [0.15, 0.2) is 11.5 Å². The highest BCUT2D eigenvalue weighted by atomic mass is 16.7. The number of methoxy groups -OCH3 is 1. The van der Waals surface area contributed by atoms with Gasteiger partial charge in [-0.1, -0.05) is 0 Å². The van der Waals surface area contributed by atoms with Gasteiger partial charge >= 0.3 is 0 Å². The van der Waals surface area contributed by atoms with Crippen LogP contribution < -0.4 is 19.5 Å². The Morgan fingerprint density at radius 2 is 1.90 bits per heavy atom. The summed E-state index contributed by atoms with van der Waals surface area (Å²) in [7, 11) is 1.54. The van der Waals surface area contributed by atoms with Gasteiger partial charge in [0.1, 0.15) is 11.9 Å². The maximum Gasteiger partial charge on any atom is 0.251 e. The molecule has 2 saturated heterocycles. The first-order valence-electron chi connectivity index (χ1n) is 10.0. The lowest BCUT2D eigenvalue weighted by molar-refractivity contribution is -0.148. The molecule has 0 aliphatic carbocycles. The second kappa shape index (κ2) is 8.87. The van der Waals surface area contributed by atoms with Gasteiger partial charge in [-0.05, 0) is 19.3 Å². The lowest BCUT2D eigenvalue weighted by atomic mass is 10.1. The Kier molecular flexibility index (Phi) is 6.05. The molecule has 9 heteroatoms. The van der Waals surface area contributed by atoms with Crippen LogP contribution in [0.5, 0.6) is 17.2 Å². The summed E-state index contributed by atoms with van der Waals surface area (Å²) < 4.78 is 21.6. The van der Waals surface area contributed by atoms with Crippen LogP contribution in [0.2, 0.25) is 0 Å². The van der Waals surface area contributed by atoms with Crippen molar-refractivity contribution in [1.82, 2.24) is 9.80 Å². The van der Waals surface area contributed by atoms with Gasteiger partial charge in [0, 0.05) is 44.9 Å². The summed E-state index contributed by atoms with van der Waals surface area (Å²) in [6.45, 7) is 3.61. The van der Waals surface area contributed by atoms with Gasteiger partial charge < -0.3 is 29.2 Å². The number of hydrogen-bond acceptors (Lipinski definition) is 7. The third-order valence-electron chi connectivity index (χ3n) is 5.48. The Morgan fingerprint density at radius 3 is 2.59 bits per heavy atom. The zero-order valence-corrected chi connectivity index (χ0v) is 16.6. The molecule has 9 nitrogen and oxygen atoms in total. The van der Waals surface area contributed by atoms with Crippen LogP contribution in [0, 0.1) is 0 Å². The first-order valence-corrected chi connectivity index (χ1v) is 10.0. The molecule has 0 aromatic heterocycles. The van der Waals surface area contributed by atoms with E-state index in [9.17, 15) is 9.59 Å². The van der Waals surface area contributed by atoms with E-state index in [4.69, 9.17) is 18.9 Å². The van der Waals surface area contributed by atoms with E-state index in [1.54, 1.807) is 19.2 Å². The van der Waals surface area contributed by atoms with Crippen molar-refractivity contribution in [3.05, 3.63) is 12.1 Å². The van der Waals surface area contributed by atoms with Crippen molar-refractivity contribution in [3.63, 3.8) is 0 Å². The fraction of sp³-hybridized carbons (Fsp3) is 0.600. The number of hydrogen-bond donors (Lipinski definition) is 1. The number of piperazine rings is 1. The van der Waals surface area contributed by atoms with Gasteiger partial charge in [-0.2, -0.15) is 0 Å². The molecule has 2 amide bonds. The number of carbonyl (C=O) groups is 2. The molecule has 3 aliphatic heterocycles. The highest BCUT2D eigenvalue weighted by molar-refractivity contribution is 5.94. The van der Waals surface area contributed by atoms with Crippen LogP contribution in [-0.2, 0) is 14.3 Å². The molecule has 0 spiro atoms. The first kappa shape index (κ1) is 19.8. The predicted octanol–water partition coefficient (Wildman–Crippen LogP) is 1.08. The summed E-state index contributed by atoms with van der Waals surface area (Å²) in [5, 5.41) is 2.88. The molecule has 3 aliphatic rings. The van der Waals surface area contributed by atoms with E-state index in [-0.39, 0.29) is 31.3 Å². The minimum atomic E-state index is -0.294. The van der Waals surface area contributed by atoms with E-state index in [2.05, 4.69) is 5.32 Å². The maximum atomic E-state index is 12.6. The monoisotopic (exact) mass is 405 g/mol. The van der Waals surface area contributed by atoms with Crippen LogP contribution in [0.1, 0.15) is 19.3 Å². The Balaban J connectivity index is 1.27. The van der Waals surface area contributed by atoms with Crippen molar-refractivity contribution < 1.29 is 28.5 Å². The van der Waals surface area contributed by atoms with E-state index in [1.807, 2.05) is 9.80 Å². The summed E-state index contributed by atoms with van der Waals surface area (Å²) in [6, 6.07) is 3.41. The average Bonchev–Trinajstić information content (AvgIpc) is 3.21. The van der Waals surface area contributed by atoms with Crippen molar-refractivity contribution >= 4 is 17.5 Å². The highest BCUT2D eigenvalue weighted by Gasteiger charge is 2.30. The summed E-state index contributed by atoms with van der Waals surface area (Å²) in [5.41, 5.74) is 0.546. The van der Waals surface area contributed by atoms with Crippen LogP contribution in [0.25, 0.3) is 0 Å². The third-order valence-corrected chi connectivity index (χ3v) is 5.48. The maximum absolute atomic E-state index is 12.6. The smallest absolute Gasteiger partial charge is 0.251 e. The topological polar surface area (TPSA) is 89.6 Å². The number of rotatable bonds is 5. The van der Waals surface area contributed by atoms with Gasteiger partial charge in [0.2, 0.25) is 12.7 Å². The second-order valence-electron chi connectivity index (χ2n) is 7.41. The number of benzene rings is 1. The number of carbonyl (C=O) groups excluding carboxylic acids is 2. The van der Waals surface area contributed by atoms with E-state index >= 15 is 0 Å². The van der Waals surface area contributed by atoms with E-state index in [1.165, 1.54) is 0 Å². The molecular formula is C20H27N3O6. The van der Waals surface area contributed by atoms with Crippen molar-refractivity contribution in [2.45, 2.75) is 25.4 Å². The van der Waals surface area contributed by atoms with Crippen LogP contribution in [-0.4, -0.2) is 81.0 Å². The summed E-state index contributed by atoms with van der Waals surface area (Å²) in [5.74, 6) is 1.64. The molecule has 4 rings (SSSR count). The van der Waals surface area contributed by atoms with Gasteiger partial charge in [0.25, 0.3) is 5.91 Å². The molecule has 158 valence electrons. The SMILES string of the molecule is COc1cc2c(cc1NC(=O)CN1CCN(C(=O)C3CCCCO3)CC1)OCO2. The molecule has 1 N–H and O–H groups in total. The zero-order chi connectivity index (χ0) is 20.2. The zero-order valence-electron chi connectivity index (χ0n) is 16.6. The molecule has 2 fully saturated rings. The minimum Gasteiger partial charge on any atom is -0.494 e. The first-order chi connectivity index (χ1) is 14.1. The molecular weight excluding hydrogens is 378 g/mol. The number of anilines is 1. The van der Waals surface area contributed by atoms with Gasteiger partial charge in [-0.3, -0.25) is 14.5 Å². The second-order valence-corrected chi connectivity index (χ2v) is 7.41. The largest absolute Gasteiger partial charge is 0.494 e. The van der Waals surface area contributed by atoms with Crippen LogP contribution in [0.15, 0.2) is 12.1 Å². The van der Waals surface area contributed by atoms with Crippen molar-refractivity contribution in [3.8, 4) is 17.2 Å². The van der Waals surface area contributed by atoms with Crippen molar-refractivity contribution in [1.29, 1.82) is 0 Å². The number of ether oxygens (including phenoxy) is 4. The van der Waals surface area contributed by atoms with Gasteiger partial charge in [-0.25, -0.2) is 0 Å². The molecule has 0 bridgehead atoms. The molecule has 1 aromatic carbocycles. The highest BCUT2D eigenvalue weighted by Crippen LogP contribution is 2.40. The lowest BCUT2D eigenvalue weighted by Crippen LogP contribution is -2.53. The summed E-state index contributed by atoms with van der Waals surface area (Å²) in [4.78, 5) is 29.0. The molecule has 1 aromatic rings. The minimum absolute atomic E-state index is 0.0823. The quantitative estimate of drug-likeness (QED) is 0.784. The third kappa shape index (κ3) is 4.56. The Labute approximate surface area is 169 Å². The number of amides is 2. The summed E-state index contributed by atoms with van der Waals surface area (Å²) in [6.07, 6.45) is 2.58. The molecule has 1 unspecified atom stereocenters. The Morgan fingerprint density at radius 1 is 1.14 bits per heavy atom. The molecule has 29 heavy (non-hydrogen) atoms. The normalized spacial score (nSPS) is 21.7. The molecule has 0 saturated carbocycles. The van der Waals surface area contributed by atoms with E-state index < -0.39 is 0 Å². The van der Waals surface area contributed by atoms with E-state index in [0.29, 0.717) is 55.7 Å². The average molecular weight is 405 g/mol. The summed E-state index contributed by atoms with van der Waals surface area (Å²) >= 11 is 0. The van der Waals surface area contributed by atoms with Crippen LogP contribution in [0.3, 0.4) is 0 Å². The van der Waals surface area contributed by atoms with E-state index in [0.717, 1.165) is 19.3 Å². The number of nitrogens with one attached hydrogen (secondary N) is 1. The molecule has 1 atom stereocenters. The lowest BCUT2D eigenvalue weighted by Gasteiger charge is -2.36. The predicted molar refractivity (Wildman–Crippen MR) is 104 cm³/mol. The Hall–Kier alpha value is -2.52. The van der Waals surface area contributed by atoms with Crippen molar-refractivity contribution in [2.75, 3.05) is 58.6 Å². The van der Waals surface area contributed by atoms with Gasteiger partial charge in [0.05, 0.1) is 19.3 Å². The number of fused-ring (bicyclic) bond motifs is 1. The standard InChI is InChI=1S/C20H27N3O6/c1-26-16-11-18-17(28-13-29-18)10-14(16)21-19(24)12-22-5-7-23(8-6-22)20(25)15-4-2-3-9-27-15/h10-11,15H,2-9,12-13H2,1H3,(H,21,24). The fourth-order valence-electron chi connectivity index (χ4n) is 3.85. The number of nitrogens with zero attached hydrogens (tertiary/aromatic N) is 2.